The van der Waals surface area contributed by atoms with Gasteiger partial charge < -0.3 is 15.4 Å². The Labute approximate surface area is 219 Å². The first-order valence-electron chi connectivity index (χ1n) is 12.7. The average Bonchev–Trinajstić information content (AvgIpc) is 3.45. The van der Waals surface area contributed by atoms with E-state index in [0.29, 0.717) is 28.0 Å². The predicted molar refractivity (Wildman–Crippen MR) is 141 cm³/mol. The second kappa shape index (κ2) is 10.4. The van der Waals surface area contributed by atoms with Crippen molar-refractivity contribution in [3.05, 3.63) is 77.8 Å². The van der Waals surface area contributed by atoms with Crippen molar-refractivity contribution in [2.75, 3.05) is 0 Å². The maximum absolute atomic E-state index is 14.5. The van der Waals surface area contributed by atoms with Crippen LogP contribution in [0.15, 0.2) is 55.0 Å². The van der Waals surface area contributed by atoms with E-state index in [4.69, 9.17) is 5.73 Å². The first-order chi connectivity index (χ1) is 18.2. The van der Waals surface area contributed by atoms with Gasteiger partial charge in [0.25, 0.3) is 5.91 Å². The van der Waals surface area contributed by atoms with E-state index in [2.05, 4.69) is 15.0 Å². The zero-order chi connectivity index (χ0) is 27.0. The molecule has 0 bridgehead atoms. The first-order valence-corrected chi connectivity index (χ1v) is 12.7. The molecule has 1 aliphatic rings. The molecule has 3 N–H and O–H groups in total. The molecule has 4 aromatic rings. The molecule has 0 spiro atoms. The number of benzene rings is 1. The minimum atomic E-state index is -1.16. The zero-order valence-electron chi connectivity index (χ0n) is 21.3. The summed E-state index contributed by atoms with van der Waals surface area (Å²) in [5.74, 6) is -1.29. The van der Waals surface area contributed by atoms with Crippen LogP contribution < -0.4 is 5.73 Å². The number of amides is 1. The number of halogens is 1. The van der Waals surface area contributed by atoms with Crippen LogP contribution >= 0.6 is 0 Å². The molecule has 0 saturated heterocycles. The van der Waals surface area contributed by atoms with Crippen LogP contribution in [0.3, 0.4) is 0 Å². The standard InChI is InChI=1S/C29H30FN5O3/c1-16-4-3-5-21(34-16)11-27(36)23-9-20(30)10-24(23)28(37)15-35-14-25(29(31)38)22-8-18(6-7-26(22)35)19-12-32-17(2)33-13-19/h3-8,12-14,20,23-24,27,36H,9-11,15H2,1-2H3,(H2,31,38)/t20-,23+,24?,27?/m1/s1. The maximum Gasteiger partial charge on any atom is 0.250 e. The van der Waals surface area contributed by atoms with E-state index in [1.165, 1.54) is 0 Å². The number of aryl methyl sites for hydroxylation is 2. The van der Waals surface area contributed by atoms with Gasteiger partial charge in [-0.2, -0.15) is 0 Å². The summed E-state index contributed by atoms with van der Waals surface area (Å²) in [5, 5.41) is 11.6. The molecule has 5 rings (SSSR count). The lowest BCUT2D eigenvalue weighted by Gasteiger charge is -2.24. The Morgan fingerprint density at radius 2 is 1.89 bits per heavy atom. The van der Waals surface area contributed by atoms with Crippen LogP contribution in [0.25, 0.3) is 22.0 Å². The third-order valence-electron chi connectivity index (χ3n) is 7.41. The van der Waals surface area contributed by atoms with Crippen molar-refractivity contribution in [2.24, 2.45) is 17.6 Å². The first kappa shape index (κ1) is 25.7. The molecule has 196 valence electrons. The van der Waals surface area contributed by atoms with Crippen LogP contribution in [-0.4, -0.2) is 48.6 Å². The number of Topliss-reactive ketones (excluding diaryl/α,β-unsaturated/α-hetero) is 1. The molecule has 0 aliphatic heterocycles. The Morgan fingerprint density at radius 1 is 1.13 bits per heavy atom. The van der Waals surface area contributed by atoms with E-state index in [1.54, 1.807) is 30.1 Å². The highest BCUT2D eigenvalue weighted by Gasteiger charge is 2.42. The van der Waals surface area contributed by atoms with Gasteiger partial charge in [0.05, 0.1) is 18.2 Å². The molecule has 38 heavy (non-hydrogen) atoms. The molecule has 8 nitrogen and oxygen atoms in total. The Balaban J connectivity index is 1.40. The van der Waals surface area contributed by atoms with Gasteiger partial charge in [-0.1, -0.05) is 12.1 Å². The fourth-order valence-electron chi connectivity index (χ4n) is 5.51. The molecule has 4 atom stereocenters. The number of pyridine rings is 1. The summed E-state index contributed by atoms with van der Waals surface area (Å²) in [4.78, 5) is 38.6. The van der Waals surface area contributed by atoms with Crippen LogP contribution in [0.1, 0.15) is 40.4 Å². The second-order valence-corrected chi connectivity index (χ2v) is 10.1. The number of hydrogen-bond acceptors (Lipinski definition) is 6. The van der Waals surface area contributed by atoms with E-state index < -0.39 is 30.0 Å². The van der Waals surface area contributed by atoms with Crippen LogP contribution in [0, 0.1) is 25.7 Å². The zero-order valence-corrected chi connectivity index (χ0v) is 21.3. The Bertz CT molecular complexity index is 1500. The largest absolute Gasteiger partial charge is 0.392 e. The van der Waals surface area contributed by atoms with Gasteiger partial charge in [-0.05, 0) is 62.4 Å². The molecule has 1 amide bonds. The number of nitrogens with zero attached hydrogens (tertiary/aromatic N) is 4. The van der Waals surface area contributed by atoms with Crippen molar-refractivity contribution >= 4 is 22.6 Å². The number of aliphatic hydroxyl groups excluding tert-OH is 1. The number of fused-ring (bicyclic) bond motifs is 1. The second-order valence-electron chi connectivity index (χ2n) is 10.1. The number of rotatable bonds is 8. The van der Waals surface area contributed by atoms with Gasteiger partial charge in [-0.3, -0.25) is 14.6 Å². The van der Waals surface area contributed by atoms with E-state index in [0.717, 1.165) is 16.8 Å². The van der Waals surface area contributed by atoms with Gasteiger partial charge in [-0.15, -0.1) is 0 Å². The minimum Gasteiger partial charge on any atom is -0.392 e. The van der Waals surface area contributed by atoms with Gasteiger partial charge in [0, 0.05) is 58.8 Å². The van der Waals surface area contributed by atoms with E-state index >= 15 is 0 Å². The number of primary amides is 1. The highest BCUT2D eigenvalue weighted by molar-refractivity contribution is 6.07. The molecular formula is C29H30FN5O3. The molecule has 1 fully saturated rings. The molecule has 9 heteroatoms. The van der Waals surface area contributed by atoms with Crippen molar-refractivity contribution in [2.45, 2.75) is 51.9 Å². The summed E-state index contributed by atoms with van der Waals surface area (Å²) in [6.45, 7) is 3.61. The lowest BCUT2D eigenvalue weighted by molar-refractivity contribution is -0.125. The SMILES string of the molecule is Cc1cccc(CC(O)[C@H]2C[C@@H](F)CC2C(=O)Cn2cc(C(N)=O)c3cc(-c4cnc(C)nc4)ccc32)n1. The molecule has 3 heterocycles. The highest BCUT2D eigenvalue weighted by atomic mass is 19.1. The van der Waals surface area contributed by atoms with Crippen molar-refractivity contribution in [3.63, 3.8) is 0 Å². The number of hydrogen-bond donors (Lipinski definition) is 2. The molecular weight excluding hydrogens is 485 g/mol. The fourth-order valence-corrected chi connectivity index (χ4v) is 5.51. The van der Waals surface area contributed by atoms with Crippen LogP contribution in [-0.2, 0) is 17.8 Å². The summed E-state index contributed by atoms with van der Waals surface area (Å²) < 4.78 is 16.2. The molecule has 1 saturated carbocycles. The summed E-state index contributed by atoms with van der Waals surface area (Å²) in [6, 6.07) is 11.1. The van der Waals surface area contributed by atoms with E-state index in [-0.39, 0.29) is 31.6 Å². The number of aromatic nitrogens is 4. The van der Waals surface area contributed by atoms with Crippen LogP contribution in [0.2, 0.25) is 0 Å². The van der Waals surface area contributed by atoms with Gasteiger partial charge in [0.15, 0.2) is 5.78 Å². The lowest BCUT2D eigenvalue weighted by Crippen LogP contribution is -2.32. The average molecular weight is 516 g/mol. The van der Waals surface area contributed by atoms with Gasteiger partial charge >= 0.3 is 0 Å². The third-order valence-corrected chi connectivity index (χ3v) is 7.41. The maximum atomic E-state index is 14.5. The Morgan fingerprint density at radius 3 is 2.61 bits per heavy atom. The lowest BCUT2D eigenvalue weighted by atomic mass is 9.85. The van der Waals surface area contributed by atoms with Crippen LogP contribution in [0.4, 0.5) is 4.39 Å². The Kier molecular flexibility index (Phi) is 7.03. The summed E-state index contributed by atoms with van der Waals surface area (Å²) in [7, 11) is 0. The predicted octanol–water partition coefficient (Wildman–Crippen LogP) is 3.75. The van der Waals surface area contributed by atoms with Crippen LogP contribution in [0.5, 0.6) is 0 Å². The van der Waals surface area contributed by atoms with E-state index in [9.17, 15) is 19.1 Å². The summed E-state index contributed by atoms with van der Waals surface area (Å²) in [5.41, 5.74) is 9.77. The number of carbonyl (C=O) groups excluding carboxylic acids is 2. The molecule has 3 aromatic heterocycles. The molecule has 1 aliphatic carbocycles. The molecule has 2 unspecified atom stereocenters. The van der Waals surface area contributed by atoms with Crippen molar-refractivity contribution < 1.29 is 19.1 Å². The molecule has 0 radical (unpaired) electrons. The summed E-state index contributed by atoms with van der Waals surface area (Å²) in [6.07, 6.45) is 3.40. The van der Waals surface area contributed by atoms with Crippen molar-refractivity contribution in [1.29, 1.82) is 0 Å². The highest BCUT2D eigenvalue weighted by Crippen LogP contribution is 2.38. The minimum absolute atomic E-state index is 0.0555. The molecule has 1 aromatic carbocycles. The number of ketones is 1. The number of alkyl halides is 1. The smallest absolute Gasteiger partial charge is 0.250 e. The van der Waals surface area contributed by atoms with Crippen molar-refractivity contribution in [3.8, 4) is 11.1 Å². The number of carbonyl (C=O) groups is 2. The topological polar surface area (TPSA) is 124 Å². The summed E-state index contributed by atoms with van der Waals surface area (Å²) >= 11 is 0. The van der Waals surface area contributed by atoms with Gasteiger partial charge in [0.1, 0.15) is 12.0 Å². The number of nitrogens with two attached hydrogens (primary N) is 1. The third kappa shape index (κ3) is 5.19. The normalized spacial score (nSPS) is 20.1. The van der Waals surface area contributed by atoms with Crippen molar-refractivity contribution in [1.82, 2.24) is 19.5 Å². The number of aliphatic hydroxyl groups is 1. The van der Waals surface area contributed by atoms with Gasteiger partial charge in [-0.25, -0.2) is 14.4 Å². The Hall–Kier alpha value is -3.98. The van der Waals surface area contributed by atoms with E-state index in [1.807, 2.05) is 43.3 Å². The monoisotopic (exact) mass is 515 g/mol. The van der Waals surface area contributed by atoms with Gasteiger partial charge in [0.2, 0.25) is 0 Å². The fraction of sp³-hybridized carbons (Fsp3) is 0.345. The quantitative estimate of drug-likeness (QED) is 0.368.